The van der Waals surface area contributed by atoms with Gasteiger partial charge < -0.3 is 16.2 Å². The normalized spacial score (nSPS) is 17.3. The minimum atomic E-state index is -2.76. The summed E-state index contributed by atoms with van der Waals surface area (Å²) in [7, 11) is 0. The highest BCUT2D eigenvalue weighted by atomic mass is 19.3. The number of nitrogens with one attached hydrogen (secondary N) is 1. The van der Waals surface area contributed by atoms with Gasteiger partial charge in [0.2, 0.25) is 0 Å². The molecule has 3 rings (SSSR count). The van der Waals surface area contributed by atoms with Crippen molar-refractivity contribution in [2.45, 2.75) is 44.3 Å². The van der Waals surface area contributed by atoms with E-state index in [1.165, 1.54) is 26.1 Å². The molecule has 2 amide bonds. The number of alkyl halides is 2. The Kier molecular flexibility index (Phi) is 3.75. The summed E-state index contributed by atoms with van der Waals surface area (Å²) in [6, 6.07) is 0.705. The molecule has 25 heavy (non-hydrogen) atoms. The lowest BCUT2D eigenvalue weighted by molar-refractivity contribution is -0.0902. The van der Waals surface area contributed by atoms with Crippen LogP contribution in [-0.2, 0) is 5.60 Å². The second kappa shape index (κ2) is 5.45. The Labute approximate surface area is 141 Å². The third-order valence-electron chi connectivity index (χ3n) is 4.00. The zero-order valence-corrected chi connectivity index (χ0v) is 13.6. The zero-order valence-electron chi connectivity index (χ0n) is 13.6. The van der Waals surface area contributed by atoms with Gasteiger partial charge in [0, 0.05) is 25.1 Å². The summed E-state index contributed by atoms with van der Waals surface area (Å²) in [6.07, 6.45) is 0.433. The Morgan fingerprint density at radius 2 is 2.08 bits per heavy atom. The molecule has 8 nitrogen and oxygen atoms in total. The molecule has 10 heteroatoms. The van der Waals surface area contributed by atoms with Crippen molar-refractivity contribution in [1.29, 1.82) is 0 Å². The van der Waals surface area contributed by atoms with Crippen LogP contribution in [-0.4, -0.2) is 43.5 Å². The number of nitrogens with zero attached hydrogens (tertiary/aromatic N) is 3. The fourth-order valence-corrected chi connectivity index (χ4v) is 2.80. The van der Waals surface area contributed by atoms with Crippen molar-refractivity contribution in [1.82, 2.24) is 19.9 Å². The molecular weight excluding hydrogens is 336 g/mol. The Morgan fingerprint density at radius 1 is 1.44 bits per heavy atom. The van der Waals surface area contributed by atoms with Gasteiger partial charge in [-0.2, -0.15) is 5.10 Å². The predicted molar refractivity (Wildman–Crippen MR) is 82.2 cm³/mol. The van der Waals surface area contributed by atoms with E-state index < -0.39 is 42.2 Å². The van der Waals surface area contributed by atoms with Crippen molar-refractivity contribution < 1.29 is 23.5 Å². The molecule has 0 spiro atoms. The lowest BCUT2D eigenvalue weighted by Gasteiger charge is -2.35. The number of halogens is 2. The molecule has 0 saturated heterocycles. The smallest absolute Gasteiger partial charge is 0.270 e. The number of aliphatic hydroxyl groups is 1. The van der Waals surface area contributed by atoms with Crippen LogP contribution in [0.3, 0.4) is 0 Å². The maximum absolute atomic E-state index is 12.9. The van der Waals surface area contributed by atoms with Gasteiger partial charge in [0.05, 0.1) is 0 Å². The number of fused-ring (bicyclic) bond motifs is 1. The van der Waals surface area contributed by atoms with Crippen LogP contribution in [0.4, 0.5) is 8.78 Å². The number of hydrogen-bond acceptors (Lipinski definition) is 5. The molecule has 134 valence electrons. The summed E-state index contributed by atoms with van der Waals surface area (Å²) in [5.74, 6) is -4.24. The van der Waals surface area contributed by atoms with Crippen molar-refractivity contribution >= 4 is 17.5 Å². The number of carbonyl (C=O) groups is 2. The van der Waals surface area contributed by atoms with Gasteiger partial charge >= 0.3 is 0 Å². The number of nitrogens with two attached hydrogens (primary N) is 1. The van der Waals surface area contributed by atoms with E-state index in [9.17, 15) is 23.5 Å². The summed E-state index contributed by atoms with van der Waals surface area (Å²) in [4.78, 5) is 28.2. The topological polar surface area (TPSA) is 123 Å². The number of amides is 2. The van der Waals surface area contributed by atoms with E-state index in [4.69, 9.17) is 5.73 Å². The summed E-state index contributed by atoms with van der Waals surface area (Å²) in [6.45, 7) is 2.83. The van der Waals surface area contributed by atoms with Gasteiger partial charge in [-0.15, -0.1) is 0 Å². The average molecular weight is 353 g/mol. The third kappa shape index (κ3) is 3.04. The van der Waals surface area contributed by atoms with E-state index >= 15 is 0 Å². The van der Waals surface area contributed by atoms with Crippen molar-refractivity contribution in [2.75, 3.05) is 0 Å². The maximum atomic E-state index is 12.9. The Bertz CT molecular complexity index is 864. The first kappa shape index (κ1) is 17.2. The Hall–Kier alpha value is -2.62. The van der Waals surface area contributed by atoms with E-state index in [0.29, 0.717) is 0 Å². The monoisotopic (exact) mass is 353 g/mol. The van der Waals surface area contributed by atoms with E-state index in [1.807, 2.05) is 0 Å². The van der Waals surface area contributed by atoms with Gasteiger partial charge in [-0.1, -0.05) is 0 Å². The minimum Gasteiger partial charge on any atom is -0.384 e. The lowest BCUT2D eigenvalue weighted by atomic mass is 9.88. The molecule has 1 aliphatic carbocycles. The summed E-state index contributed by atoms with van der Waals surface area (Å²) in [5.41, 5.74) is 3.75. The fraction of sp³-hybridized carbons (Fsp3) is 0.467. The van der Waals surface area contributed by atoms with Crippen LogP contribution in [0.15, 0.2) is 12.3 Å². The van der Waals surface area contributed by atoms with E-state index in [0.717, 1.165) is 4.52 Å². The van der Waals surface area contributed by atoms with Crippen LogP contribution in [0, 0.1) is 0 Å². The first-order valence-electron chi connectivity index (χ1n) is 7.59. The lowest BCUT2D eigenvalue weighted by Crippen LogP contribution is -2.50. The van der Waals surface area contributed by atoms with E-state index in [1.54, 1.807) is 0 Å². The van der Waals surface area contributed by atoms with E-state index in [-0.39, 0.29) is 22.6 Å². The molecule has 2 heterocycles. The third-order valence-corrected chi connectivity index (χ3v) is 4.00. The molecule has 1 aliphatic rings. The highest BCUT2D eigenvalue weighted by molar-refractivity contribution is 6.01. The minimum absolute atomic E-state index is 0.00165. The molecule has 0 aromatic carbocycles. The van der Waals surface area contributed by atoms with Gasteiger partial charge in [-0.25, -0.2) is 18.3 Å². The molecule has 0 radical (unpaired) electrons. The predicted octanol–water partition coefficient (Wildman–Crippen LogP) is 0.583. The quantitative estimate of drug-likeness (QED) is 0.742. The zero-order chi connectivity index (χ0) is 18.6. The highest BCUT2D eigenvalue weighted by Crippen LogP contribution is 2.37. The first-order chi connectivity index (χ1) is 11.5. The Balaban J connectivity index is 2.02. The SMILES string of the molecule is CC(C)(O)c1nn2c(C(=O)NC3CC(F)(F)C3)ccnc2c1C(N)=O. The molecule has 1 fully saturated rings. The summed E-state index contributed by atoms with van der Waals surface area (Å²) >= 11 is 0. The second-order valence-corrected chi connectivity index (χ2v) is 6.65. The number of hydrogen-bond donors (Lipinski definition) is 3. The van der Waals surface area contributed by atoms with Crippen molar-refractivity contribution in [3.8, 4) is 0 Å². The van der Waals surface area contributed by atoms with Gasteiger partial charge in [0.25, 0.3) is 17.7 Å². The van der Waals surface area contributed by atoms with Gasteiger partial charge in [0.1, 0.15) is 22.6 Å². The van der Waals surface area contributed by atoms with Crippen LogP contribution < -0.4 is 11.1 Å². The van der Waals surface area contributed by atoms with E-state index in [2.05, 4.69) is 15.4 Å². The van der Waals surface area contributed by atoms with Crippen LogP contribution in [0.2, 0.25) is 0 Å². The molecule has 0 bridgehead atoms. The molecule has 0 atom stereocenters. The molecule has 0 unspecified atom stereocenters. The number of aromatic nitrogens is 3. The van der Waals surface area contributed by atoms with Crippen LogP contribution >= 0.6 is 0 Å². The van der Waals surface area contributed by atoms with Gasteiger partial charge in [-0.3, -0.25) is 9.59 Å². The fourth-order valence-electron chi connectivity index (χ4n) is 2.80. The molecular formula is C15H17F2N5O3. The standard InChI is InChI=1S/C15H17F2N5O3/c1-14(2,25)10-9(11(18)23)12-19-4-3-8(22(12)21-10)13(24)20-7-5-15(16,17)6-7/h3-4,7,25H,5-6H2,1-2H3,(H2,18,23)(H,20,24). The summed E-state index contributed by atoms with van der Waals surface area (Å²) in [5, 5.41) is 16.8. The first-order valence-corrected chi connectivity index (χ1v) is 7.59. The van der Waals surface area contributed by atoms with Crippen LogP contribution in [0.5, 0.6) is 0 Å². The number of carbonyl (C=O) groups excluding carboxylic acids is 2. The van der Waals surface area contributed by atoms with Crippen molar-refractivity contribution in [3.63, 3.8) is 0 Å². The maximum Gasteiger partial charge on any atom is 0.270 e. The molecule has 4 N–H and O–H groups in total. The van der Waals surface area contributed by atoms with Crippen LogP contribution in [0.1, 0.15) is 53.2 Å². The Morgan fingerprint density at radius 3 is 2.60 bits per heavy atom. The molecule has 1 saturated carbocycles. The molecule has 0 aliphatic heterocycles. The largest absolute Gasteiger partial charge is 0.384 e. The number of primary amides is 1. The average Bonchev–Trinajstić information content (AvgIpc) is 2.84. The van der Waals surface area contributed by atoms with Crippen LogP contribution in [0.25, 0.3) is 5.65 Å². The second-order valence-electron chi connectivity index (χ2n) is 6.65. The van der Waals surface area contributed by atoms with Gasteiger partial charge in [-0.05, 0) is 19.9 Å². The van der Waals surface area contributed by atoms with Crippen molar-refractivity contribution in [3.05, 3.63) is 29.2 Å². The summed E-state index contributed by atoms with van der Waals surface area (Å²) < 4.78 is 26.9. The number of rotatable bonds is 4. The molecule has 2 aromatic heterocycles. The van der Waals surface area contributed by atoms with Crippen molar-refractivity contribution in [2.24, 2.45) is 5.73 Å². The highest BCUT2D eigenvalue weighted by Gasteiger charge is 2.46. The molecule has 2 aromatic rings. The van der Waals surface area contributed by atoms with Gasteiger partial charge in [0.15, 0.2) is 5.65 Å².